The van der Waals surface area contributed by atoms with Crippen LogP contribution in [0, 0.1) is 17.7 Å². The van der Waals surface area contributed by atoms with Gasteiger partial charge >= 0.3 is 0 Å². The molecular weight excluding hydrogens is 479 g/mol. The highest BCUT2D eigenvalue weighted by molar-refractivity contribution is 5.94. The second-order valence-electron chi connectivity index (χ2n) is 11.3. The Bertz CT molecular complexity index is 1030. The minimum absolute atomic E-state index is 0.0514. The summed E-state index contributed by atoms with van der Waals surface area (Å²) >= 11 is 0. The fourth-order valence-corrected chi connectivity index (χ4v) is 5.18. The van der Waals surface area contributed by atoms with Gasteiger partial charge in [-0.3, -0.25) is 14.6 Å². The lowest BCUT2D eigenvalue weighted by molar-refractivity contribution is -0.132. The summed E-state index contributed by atoms with van der Waals surface area (Å²) in [7, 11) is 0. The highest BCUT2D eigenvalue weighted by Gasteiger charge is 2.24. The molecule has 0 radical (unpaired) electrons. The van der Waals surface area contributed by atoms with Gasteiger partial charge in [-0.05, 0) is 92.1 Å². The average molecular weight is 525 g/mol. The van der Waals surface area contributed by atoms with Crippen molar-refractivity contribution < 1.29 is 14.0 Å². The molecule has 0 aliphatic carbocycles. The molecule has 7 heteroatoms. The molecule has 1 aliphatic heterocycles. The summed E-state index contributed by atoms with van der Waals surface area (Å²) in [5.74, 6) is 0.539. The Balaban J connectivity index is 1.85. The number of carbonyl (C=O) groups is 2. The van der Waals surface area contributed by atoms with Gasteiger partial charge in [0.25, 0.3) is 0 Å². The molecule has 1 aromatic heterocycles. The van der Waals surface area contributed by atoms with E-state index in [0.717, 1.165) is 56.6 Å². The van der Waals surface area contributed by atoms with Gasteiger partial charge in [-0.1, -0.05) is 27.7 Å². The normalized spacial score (nSPS) is 15.8. The third-order valence-corrected chi connectivity index (χ3v) is 6.92. The van der Waals surface area contributed by atoms with Crippen molar-refractivity contribution >= 4 is 17.5 Å². The summed E-state index contributed by atoms with van der Waals surface area (Å²) in [6.07, 6.45) is 7.68. The number of anilines is 1. The number of rotatable bonds is 8. The Morgan fingerprint density at radius 1 is 0.921 bits per heavy atom. The van der Waals surface area contributed by atoms with Crippen LogP contribution < -0.4 is 4.90 Å². The maximum absolute atomic E-state index is 14.5. The monoisotopic (exact) mass is 524 g/mol. The fourth-order valence-electron chi connectivity index (χ4n) is 5.18. The molecule has 1 aliphatic rings. The van der Waals surface area contributed by atoms with Crippen LogP contribution in [0.5, 0.6) is 0 Å². The van der Waals surface area contributed by atoms with Gasteiger partial charge in [-0.15, -0.1) is 0 Å². The molecule has 2 amide bonds. The summed E-state index contributed by atoms with van der Waals surface area (Å²) in [5.41, 5.74) is 2.59. The number of fused-ring (bicyclic) bond motifs is 1. The Morgan fingerprint density at radius 3 is 2.32 bits per heavy atom. The molecule has 0 saturated heterocycles. The van der Waals surface area contributed by atoms with E-state index in [1.165, 1.54) is 12.1 Å². The van der Waals surface area contributed by atoms with Crippen molar-refractivity contribution in [2.75, 3.05) is 37.6 Å². The minimum atomic E-state index is -0.347. The van der Waals surface area contributed by atoms with Gasteiger partial charge in [0.15, 0.2) is 0 Å². The van der Waals surface area contributed by atoms with Gasteiger partial charge < -0.3 is 14.7 Å². The quantitative estimate of drug-likeness (QED) is 0.444. The molecule has 0 saturated carbocycles. The van der Waals surface area contributed by atoms with Gasteiger partial charge in [0.2, 0.25) is 11.8 Å². The lowest BCUT2D eigenvalue weighted by Gasteiger charge is -2.32. The van der Waals surface area contributed by atoms with Crippen LogP contribution >= 0.6 is 0 Å². The topological polar surface area (TPSA) is 56.8 Å². The molecule has 2 heterocycles. The SMILES string of the molecule is CC(C)CC(=O)N1CCCN(CC(C)C)CCCN(C(=O)CCCc2ccncc2)Cc2cc(F)ccc21. The zero-order chi connectivity index (χ0) is 27.5. The Kier molecular flexibility index (Phi) is 11.7. The van der Waals surface area contributed by atoms with Crippen LogP contribution in [0.15, 0.2) is 42.7 Å². The van der Waals surface area contributed by atoms with Gasteiger partial charge in [-0.2, -0.15) is 0 Å². The standard InChI is InChI=1S/C31H45FN4O2/c1-24(2)20-31(38)36-19-7-17-34(22-25(3)4)16-6-18-35(23-27-21-28(32)10-11-29(27)36)30(37)9-5-8-26-12-14-33-15-13-26/h10-15,21,24-25H,5-9,16-20,22-23H2,1-4H3. The summed E-state index contributed by atoms with van der Waals surface area (Å²) in [4.78, 5) is 37.0. The van der Waals surface area contributed by atoms with Gasteiger partial charge in [-0.25, -0.2) is 4.39 Å². The van der Waals surface area contributed by atoms with Crippen LogP contribution in [0.4, 0.5) is 10.1 Å². The molecule has 2 aromatic rings. The molecule has 0 spiro atoms. The van der Waals surface area contributed by atoms with Crippen molar-refractivity contribution in [1.29, 1.82) is 0 Å². The number of hydrogen-bond donors (Lipinski definition) is 0. The Labute approximate surface area is 228 Å². The molecule has 1 aromatic carbocycles. The molecule has 3 rings (SSSR count). The number of halogens is 1. The number of hydrogen-bond acceptors (Lipinski definition) is 4. The van der Waals surface area contributed by atoms with Gasteiger partial charge in [0, 0.05) is 57.1 Å². The first kappa shape index (κ1) is 29.8. The van der Waals surface area contributed by atoms with E-state index in [-0.39, 0.29) is 23.5 Å². The summed E-state index contributed by atoms with van der Waals surface area (Å²) in [6, 6.07) is 8.59. The van der Waals surface area contributed by atoms with Gasteiger partial charge in [0.1, 0.15) is 5.82 Å². The van der Waals surface area contributed by atoms with Crippen LogP contribution in [0.2, 0.25) is 0 Å². The largest absolute Gasteiger partial charge is 0.338 e. The van der Waals surface area contributed by atoms with Crippen LogP contribution in [-0.2, 0) is 22.6 Å². The maximum Gasteiger partial charge on any atom is 0.227 e. The third-order valence-electron chi connectivity index (χ3n) is 6.92. The smallest absolute Gasteiger partial charge is 0.227 e. The van der Waals surface area contributed by atoms with Crippen LogP contribution in [0.1, 0.15) is 70.9 Å². The first-order valence-electron chi connectivity index (χ1n) is 14.2. The van der Waals surface area contributed by atoms with E-state index < -0.39 is 0 Å². The van der Waals surface area contributed by atoms with E-state index in [0.29, 0.717) is 44.0 Å². The molecular formula is C31H45FN4O2. The number of aromatic nitrogens is 1. The second kappa shape index (κ2) is 15.0. The molecule has 6 nitrogen and oxygen atoms in total. The summed E-state index contributed by atoms with van der Waals surface area (Å²) in [5, 5.41) is 0. The molecule has 208 valence electrons. The maximum atomic E-state index is 14.5. The summed E-state index contributed by atoms with van der Waals surface area (Å²) in [6.45, 7) is 12.8. The Morgan fingerprint density at radius 2 is 1.63 bits per heavy atom. The first-order chi connectivity index (χ1) is 18.2. The first-order valence-corrected chi connectivity index (χ1v) is 14.2. The number of aryl methyl sites for hydroxylation is 1. The van der Waals surface area contributed by atoms with Crippen molar-refractivity contribution in [3.63, 3.8) is 0 Å². The average Bonchev–Trinajstić information content (AvgIpc) is 2.85. The van der Waals surface area contributed by atoms with E-state index >= 15 is 0 Å². The number of amides is 2. The molecule has 0 unspecified atom stereocenters. The lowest BCUT2D eigenvalue weighted by atomic mass is 10.1. The Hall–Kier alpha value is -2.80. The molecule has 0 atom stereocenters. The van der Waals surface area contributed by atoms with Crippen molar-refractivity contribution in [3.8, 4) is 0 Å². The molecule has 38 heavy (non-hydrogen) atoms. The number of pyridine rings is 1. The van der Waals surface area contributed by atoms with Crippen LogP contribution in [0.25, 0.3) is 0 Å². The van der Waals surface area contributed by atoms with Crippen LogP contribution in [0.3, 0.4) is 0 Å². The van der Waals surface area contributed by atoms with Gasteiger partial charge in [0.05, 0.1) is 0 Å². The van der Waals surface area contributed by atoms with Crippen molar-refractivity contribution in [2.45, 2.75) is 72.8 Å². The zero-order valence-electron chi connectivity index (χ0n) is 23.7. The van der Waals surface area contributed by atoms with E-state index in [9.17, 15) is 14.0 Å². The molecule has 0 N–H and O–H groups in total. The van der Waals surface area contributed by atoms with Crippen molar-refractivity contribution in [2.24, 2.45) is 11.8 Å². The van der Waals surface area contributed by atoms with Crippen molar-refractivity contribution in [3.05, 3.63) is 59.7 Å². The van der Waals surface area contributed by atoms with E-state index in [4.69, 9.17) is 0 Å². The lowest BCUT2D eigenvalue weighted by Crippen LogP contribution is -2.40. The number of nitrogens with zero attached hydrogens (tertiary/aromatic N) is 4. The zero-order valence-corrected chi connectivity index (χ0v) is 23.7. The number of benzene rings is 1. The minimum Gasteiger partial charge on any atom is -0.338 e. The molecule has 0 bridgehead atoms. The predicted molar refractivity (Wildman–Crippen MR) is 151 cm³/mol. The van der Waals surface area contributed by atoms with E-state index in [2.05, 4.69) is 23.7 Å². The predicted octanol–water partition coefficient (Wildman–Crippen LogP) is 5.70. The highest BCUT2D eigenvalue weighted by atomic mass is 19.1. The summed E-state index contributed by atoms with van der Waals surface area (Å²) < 4.78 is 14.5. The van der Waals surface area contributed by atoms with E-state index in [1.54, 1.807) is 18.5 Å². The molecule has 0 fully saturated rings. The second-order valence-corrected chi connectivity index (χ2v) is 11.3. The van der Waals surface area contributed by atoms with Crippen molar-refractivity contribution in [1.82, 2.24) is 14.8 Å². The van der Waals surface area contributed by atoms with Crippen LogP contribution in [-0.4, -0.2) is 59.3 Å². The third kappa shape index (κ3) is 9.50. The number of carbonyl (C=O) groups excluding carboxylic acids is 2. The fraction of sp³-hybridized carbons (Fsp3) is 0.581. The van der Waals surface area contributed by atoms with E-state index in [1.807, 2.05) is 35.8 Å². The highest BCUT2D eigenvalue weighted by Crippen LogP contribution is 2.26.